The number of piperazine rings is 1. The average molecular weight is 397 g/mol. The zero-order valence-corrected chi connectivity index (χ0v) is 15.8. The highest BCUT2D eigenvalue weighted by molar-refractivity contribution is 5.79. The van der Waals surface area contributed by atoms with Crippen LogP contribution in [0, 0.1) is 0 Å². The highest BCUT2D eigenvalue weighted by atomic mass is 19.4. The standard InChI is InChI=1S/C20H26F3N3O2/c21-20(22,23)16-6-4-5-15(13-16)14-18(27)25-9-11-26(12-10-25)19(28)24-17-7-2-1-3-8-17/h4-6,13,17H,1-3,7-12,14H2,(H,24,28). The molecule has 1 aliphatic heterocycles. The minimum atomic E-state index is -4.42. The molecule has 3 amide bonds. The zero-order chi connectivity index (χ0) is 20.1. The Labute approximate surface area is 162 Å². The number of hydrogen-bond acceptors (Lipinski definition) is 2. The highest BCUT2D eigenvalue weighted by Crippen LogP contribution is 2.29. The number of urea groups is 1. The van der Waals surface area contributed by atoms with Gasteiger partial charge in [-0.3, -0.25) is 4.79 Å². The fourth-order valence-corrected chi connectivity index (χ4v) is 3.82. The number of nitrogens with one attached hydrogen (secondary N) is 1. The summed E-state index contributed by atoms with van der Waals surface area (Å²) in [5, 5.41) is 3.07. The Bertz CT molecular complexity index is 694. The molecule has 1 saturated carbocycles. The van der Waals surface area contributed by atoms with Gasteiger partial charge < -0.3 is 15.1 Å². The lowest BCUT2D eigenvalue weighted by atomic mass is 9.96. The van der Waals surface area contributed by atoms with Crippen molar-refractivity contribution in [3.05, 3.63) is 35.4 Å². The molecule has 0 bridgehead atoms. The molecule has 3 rings (SSSR count). The molecule has 8 heteroatoms. The number of rotatable bonds is 3. The maximum absolute atomic E-state index is 12.8. The predicted molar refractivity (Wildman–Crippen MR) is 98.7 cm³/mol. The van der Waals surface area contributed by atoms with E-state index in [1.165, 1.54) is 18.6 Å². The Morgan fingerprint density at radius 3 is 2.29 bits per heavy atom. The number of amides is 3. The highest BCUT2D eigenvalue weighted by Gasteiger charge is 2.31. The van der Waals surface area contributed by atoms with Crippen molar-refractivity contribution in [2.24, 2.45) is 0 Å². The lowest BCUT2D eigenvalue weighted by Crippen LogP contribution is -2.55. The molecule has 0 atom stereocenters. The van der Waals surface area contributed by atoms with Crippen molar-refractivity contribution >= 4 is 11.9 Å². The first-order valence-electron chi connectivity index (χ1n) is 9.82. The molecule has 0 aromatic heterocycles. The van der Waals surface area contributed by atoms with E-state index in [1.807, 2.05) is 0 Å². The SMILES string of the molecule is O=C(Cc1cccc(C(F)(F)F)c1)N1CCN(C(=O)NC2CCCCC2)CC1. The fraction of sp³-hybridized carbons (Fsp3) is 0.600. The second-order valence-corrected chi connectivity index (χ2v) is 7.53. The van der Waals surface area contributed by atoms with E-state index in [0.717, 1.165) is 37.8 Å². The van der Waals surface area contributed by atoms with E-state index in [1.54, 1.807) is 9.80 Å². The summed E-state index contributed by atoms with van der Waals surface area (Å²) in [6.45, 7) is 1.67. The molecule has 5 nitrogen and oxygen atoms in total. The monoisotopic (exact) mass is 397 g/mol. The molecule has 28 heavy (non-hydrogen) atoms. The molecule has 154 valence electrons. The summed E-state index contributed by atoms with van der Waals surface area (Å²) < 4.78 is 38.4. The average Bonchev–Trinajstić information content (AvgIpc) is 2.68. The first kappa shape index (κ1) is 20.5. The molecule has 0 unspecified atom stereocenters. The lowest BCUT2D eigenvalue weighted by molar-refractivity contribution is -0.138. The van der Waals surface area contributed by atoms with Crippen LogP contribution in [0.4, 0.5) is 18.0 Å². The van der Waals surface area contributed by atoms with Gasteiger partial charge >= 0.3 is 12.2 Å². The van der Waals surface area contributed by atoms with Crippen molar-refractivity contribution in [2.75, 3.05) is 26.2 Å². The third-order valence-corrected chi connectivity index (χ3v) is 5.46. The maximum Gasteiger partial charge on any atom is 0.416 e. The van der Waals surface area contributed by atoms with E-state index in [4.69, 9.17) is 0 Å². The van der Waals surface area contributed by atoms with Crippen LogP contribution in [0.25, 0.3) is 0 Å². The van der Waals surface area contributed by atoms with Crippen LogP contribution in [0.5, 0.6) is 0 Å². The third kappa shape index (κ3) is 5.39. The molecule has 2 fully saturated rings. The summed E-state index contributed by atoms with van der Waals surface area (Å²) in [5.41, 5.74) is -0.403. The number of halogens is 3. The summed E-state index contributed by atoms with van der Waals surface area (Å²) >= 11 is 0. The van der Waals surface area contributed by atoms with Gasteiger partial charge in [-0.2, -0.15) is 13.2 Å². The Morgan fingerprint density at radius 2 is 1.64 bits per heavy atom. The number of benzene rings is 1. The molecular weight excluding hydrogens is 371 g/mol. The van der Waals surface area contributed by atoms with Crippen molar-refractivity contribution < 1.29 is 22.8 Å². The molecule has 1 saturated heterocycles. The summed E-state index contributed by atoms with van der Waals surface area (Å²) in [7, 11) is 0. The van der Waals surface area contributed by atoms with Gasteiger partial charge in [-0.05, 0) is 24.5 Å². The fourth-order valence-electron chi connectivity index (χ4n) is 3.82. The van der Waals surface area contributed by atoms with Crippen LogP contribution >= 0.6 is 0 Å². The maximum atomic E-state index is 12.8. The number of alkyl halides is 3. The molecule has 0 spiro atoms. The van der Waals surface area contributed by atoms with Crippen LogP contribution in [0.1, 0.15) is 43.2 Å². The summed E-state index contributed by atoms with van der Waals surface area (Å²) in [6.07, 6.45) is 1.04. The van der Waals surface area contributed by atoms with Gasteiger partial charge in [0.2, 0.25) is 5.91 Å². The second kappa shape index (κ2) is 8.84. The minimum absolute atomic E-state index is 0.0712. The van der Waals surface area contributed by atoms with Crippen molar-refractivity contribution in [2.45, 2.75) is 50.7 Å². The van der Waals surface area contributed by atoms with Gasteiger partial charge in [-0.25, -0.2) is 4.79 Å². The quantitative estimate of drug-likeness (QED) is 0.850. The van der Waals surface area contributed by atoms with E-state index >= 15 is 0 Å². The van der Waals surface area contributed by atoms with Gasteiger partial charge in [0.25, 0.3) is 0 Å². The van der Waals surface area contributed by atoms with Crippen LogP contribution in [-0.4, -0.2) is 54.0 Å². The molecule has 1 heterocycles. The van der Waals surface area contributed by atoms with Crippen molar-refractivity contribution in [1.29, 1.82) is 0 Å². The normalized spacial score (nSPS) is 18.8. The Hall–Kier alpha value is -2.25. The first-order valence-corrected chi connectivity index (χ1v) is 9.82. The van der Waals surface area contributed by atoms with Crippen molar-refractivity contribution in [3.8, 4) is 0 Å². The number of carbonyl (C=O) groups is 2. The summed E-state index contributed by atoms with van der Waals surface area (Å²) in [4.78, 5) is 28.1. The van der Waals surface area contributed by atoms with E-state index in [9.17, 15) is 22.8 Å². The van der Waals surface area contributed by atoms with E-state index in [0.29, 0.717) is 31.7 Å². The largest absolute Gasteiger partial charge is 0.416 e. The smallest absolute Gasteiger partial charge is 0.339 e. The van der Waals surface area contributed by atoms with E-state index in [-0.39, 0.29) is 24.4 Å². The summed E-state index contributed by atoms with van der Waals surface area (Å²) in [5.74, 6) is -0.216. The Kier molecular flexibility index (Phi) is 6.46. The molecule has 2 aliphatic rings. The molecule has 1 aromatic carbocycles. The number of hydrogen-bond donors (Lipinski definition) is 1. The van der Waals surface area contributed by atoms with E-state index in [2.05, 4.69) is 5.32 Å². The molecular formula is C20H26F3N3O2. The van der Waals surface area contributed by atoms with Crippen LogP contribution in [0.3, 0.4) is 0 Å². The molecule has 0 radical (unpaired) electrons. The third-order valence-electron chi connectivity index (χ3n) is 5.46. The van der Waals surface area contributed by atoms with Crippen molar-refractivity contribution in [3.63, 3.8) is 0 Å². The summed E-state index contributed by atoms with van der Waals surface area (Å²) in [6, 6.07) is 5.02. The number of carbonyl (C=O) groups excluding carboxylic acids is 2. The van der Waals surface area contributed by atoms with Crippen LogP contribution in [0.2, 0.25) is 0 Å². The zero-order valence-electron chi connectivity index (χ0n) is 15.8. The van der Waals surface area contributed by atoms with Crippen LogP contribution in [-0.2, 0) is 17.4 Å². The van der Waals surface area contributed by atoms with Gasteiger partial charge in [0.15, 0.2) is 0 Å². The second-order valence-electron chi connectivity index (χ2n) is 7.53. The topological polar surface area (TPSA) is 52.7 Å². The Balaban J connectivity index is 1.48. The molecule has 1 N–H and O–H groups in total. The van der Waals surface area contributed by atoms with E-state index < -0.39 is 11.7 Å². The number of nitrogens with zero attached hydrogens (tertiary/aromatic N) is 2. The first-order chi connectivity index (χ1) is 13.3. The van der Waals surface area contributed by atoms with Gasteiger partial charge in [-0.1, -0.05) is 37.5 Å². The van der Waals surface area contributed by atoms with Gasteiger partial charge in [0, 0.05) is 32.2 Å². The lowest BCUT2D eigenvalue weighted by Gasteiger charge is -2.36. The minimum Gasteiger partial charge on any atom is -0.339 e. The Morgan fingerprint density at radius 1 is 1.00 bits per heavy atom. The predicted octanol–water partition coefficient (Wildman–Crippen LogP) is 3.43. The molecule has 1 aliphatic carbocycles. The van der Waals surface area contributed by atoms with Gasteiger partial charge in [0.1, 0.15) is 0 Å². The van der Waals surface area contributed by atoms with Gasteiger partial charge in [-0.15, -0.1) is 0 Å². The van der Waals surface area contributed by atoms with Crippen molar-refractivity contribution in [1.82, 2.24) is 15.1 Å². The van der Waals surface area contributed by atoms with Crippen LogP contribution in [0.15, 0.2) is 24.3 Å². The molecule has 1 aromatic rings. The van der Waals surface area contributed by atoms with Crippen LogP contribution < -0.4 is 5.32 Å². The van der Waals surface area contributed by atoms with Gasteiger partial charge in [0.05, 0.1) is 12.0 Å².